The second-order valence-corrected chi connectivity index (χ2v) is 7.07. The lowest BCUT2D eigenvalue weighted by atomic mass is 9.99. The molecule has 2 aromatic heterocycles. The van der Waals surface area contributed by atoms with E-state index in [1.54, 1.807) is 0 Å². The highest BCUT2D eigenvalue weighted by molar-refractivity contribution is 5.75. The van der Waals surface area contributed by atoms with Crippen LogP contribution in [0.2, 0.25) is 0 Å². The van der Waals surface area contributed by atoms with E-state index in [0.717, 1.165) is 42.8 Å². The molecule has 1 N–H and O–H groups in total. The van der Waals surface area contributed by atoms with Gasteiger partial charge in [0.1, 0.15) is 5.76 Å². The predicted molar refractivity (Wildman–Crippen MR) is 96.5 cm³/mol. The van der Waals surface area contributed by atoms with Gasteiger partial charge in [-0.2, -0.15) is 0 Å². The smallest absolute Gasteiger partial charge is 0.317 e. The van der Waals surface area contributed by atoms with E-state index in [2.05, 4.69) is 28.0 Å². The van der Waals surface area contributed by atoms with Crippen LogP contribution in [0.25, 0.3) is 0 Å². The van der Waals surface area contributed by atoms with Crippen LogP contribution in [0.5, 0.6) is 0 Å². The molecule has 0 spiro atoms. The Morgan fingerprint density at radius 1 is 1.44 bits per heavy atom. The highest BCUT2D eigenvalue weighted by Crippen LogP contribution is 2.31. The lowest BCUT2D eigenvalue weighted by Gasteiger charge is -2.36. The number of piperidine rings is 1. The molecule has 0 aliphatic carbocycles. The second kappa shape index (κ2) is 7.33. The molecule has 6 nitrogen and oxygen atoms in total. The van der Waals surface area contributed by atoms with Crippen LogP contribution in [0.3, 0.4) is 0 Å². The predicted octanol–water partition coefficient (Wildman–Crippen LogP) is 3.67. The van der Waals surface area contributed by atoms with Crippen molar-refractivity contribution in [2.24, 2.45) is 7.05 Å². The zero-order chi connectivity index (χ0) is 18.0. The summed E-state index contributed by atoms with van der Waals surface area (Å²) < 4.78 is 7.36. The van der Waals surface area contributed by atoms with E-state index in [0.29, 0.717) is 6.54 Å². The maximum Gasteiger partial charge on any atom is 0.317 e. The Bertz CT molecular complexity index is 714. The molecule has 3 heterocycles. The Kier molecular flexibility index (Phi) is 5.16. The van der Waals surface area contributed by atoms with Gasteiger partial charge in [0.15, 0.2) is 0 Å². The van der Waals surface area contributed by atoms with Crippen LogP contribution in [-0.4, -0.2) is 33.7 Å². The maximum atomic E-state index is 12.8. The third-order valence-electron chi connectivity index (χ3n) is 5.23. The van der Waals surface area contributed by atoms with Gasteiger partial charge < -0.3 is 19.3 Å². The lowest BCUT2D eigenvalue weighted by Crippen LogP contribution is -2.46. The molecule has 3 rings (SSSR count). The van der Waals surface area contributed by atoms with Crippen LogP contribution >= 0.6 is 0 Å². The third kappa shape index (κ3) is 3.57. The van der Waals surface area contributed by atoms with Crippen LogP contribution in [-0.2, 0) is 7.05 Å². The molecule has 0 saturated carbocycles. The van der Waals surface area contributed by atoms with Gasteiger partial charge in [-0.1, -0.05) is 12.1 Å². The summed E-state index contributed by atoms with van der Waals surface area (Å²) in [6, 6.07) is 4.33. The van der Waals surface area contributed by atoms with Crippen LogP contribution in [0.15, 0.2) is 22.9 Å². The normalized spacial score (nSPS) is 19.0. The summed E-state index contributed by atoms with van der Waals surface area (Å²) in [7, 11) is 2.04. The fourth-order valence-corrected chi connectivity index (χ4v) is 3.94. The number of rotatable bonds is 4. The van der Waals surface area contributed by atoms with Gasteiger partial charge in [0.25, 0.3) is 0 Å². The van der Waals surface area contributed by atoms with E-state index < -0.39 is 0 Å². The lowest BCUT2D eigenvalue weighted by molar-refractivity contribution is 0.148. The standard InChI is InChI=1S/C19H28N4O2/c1-13(18-14(2)21-25-15(18)3)12-20-19(24)23-11-6-5-8-17(23)16-9-7-10-22(16)4/h7,9-10,13,17H,5-6,8,11-12H2,1-4H3,(H,20,24)/t13-,17+/m0/s1. The van der Waals surface area contributed by atoms with Gasteiger partial charge >= 0.3 is 6.03 Å². The number of nitrogens with one attached hydrogen (secondary N) is 1. The van der Waals surface area contributed by atoms with Crippen molar-refractivity contribution >= 4 is 6.03 Å². The fraction of sp³-hybridized carbons (Fsp3) is 0.579. The first-order chi connectivity index (χ1) is 12.0. The Balaban J connectivity index is 1.66. The highest BCUT2D eigenvalue weighted by atomic mass is 16.5. The summed E-state index contributed by atoms with van der Waals surface area (Å²) in [6.45, 7) is 7.35. The molecule has 1 aliphatic heterocycles. The SMILES string of the molecule is Cc1noc(C)c1[C@@H](C)CNC(=O)N1CCCC[C@@H]1c1cccn1C. The average Bonchev–Trinajstić information content (AvgIpc) is 3.17. The van der Waals surface area contributed by atoms with Gasteiger partial charge in [-0.25, -0.2) is 4.79 Å². The minimum atomic E-state index is 0.0181. The zero-order valence-electron chi connectivity index (χ0n) is 15.6. The molecule has 2 amide bonds. The summed E-state index contributed by atoms with van der Waals surface area (Å²) in [5.74, 6) is 1.01. The van der Waals surface area contributed by atoms with Crippen molar-refractivity contribution < 1.29 is 9.32 Å². The number of likely N-dealkylation sites (tertiary alicyclic amines) is 1. The summed E-state index contributed by atoms with van der Waals surface area (Å²) >= 11 is 0. The number of hydrogen-bond donors (Lipinski definition) is 1. The number of aryl methyl sites for hydroxylation is 3. The monoisotopic (exact) mass is 344 g/mol. The zero-order valence-corrected chi connectivity index (χ0v) is 15.6. The number of nitrogens with zero attached hydrogens (tertiary/aromatic N) is 3. The fourth-order valence-electron chi connectivity index (χ4n) is 3.94. The molecule has 0 aromatic carbocycles. The topological polar surface area (TPSA) is 63.3 Å². The Hall–Kier alpha value is -2.24. The van der Waals surface area contributed by atoms with Crippen molar-refractivity contribution in [3.05, 3.63) is 41.0 Å². The molecule has 2 atom stereocenters. The number of carbonyl (C=O) groups is 1. The molecule has 136 valence electrons. The number of amides is 2. The van der Waals surface area contributed by atoms with Crippen LogP contribution in [0.1, 0.15) is 60.9 Å². The molecule has 2 aromatic rings. The van der Waals surface area contributed by atoms with Crippen LogP contribution in [0.4, 0.5) is 4.79 Å². The minimum Gasteiger partial charge on any atom is -0.361 e. The number of carbonyl (C=O) groups excluding carboxylic acids is 1. The molecule has 1 fully saturated rings. The highest BCUT2D eigenvalue weighted by Gasteiger charge is 2.29. The Morgan fingerprint density at radius 2 is 2.24 bits per heavy atom. The van der Waals surface area contributed by atoms with E-state index >= 15 is 0 Å². The third-order valence-corrected chi connectivity index (χ3v) is 5.23. The van der Waals surface area contributed by atoms with Gasteiger partial charge in [0.2, 0.25) is 0 Å². The van der Waals surface area contributed by atoms with Crippen LogP contribution in [0, 0.1) is 13.8 Å². The molecule has 0 bridgehead atoms. The Morgan fingerprint density at radius 3 is 2.88 bits per heavy atom. The average molecular weight is 344 g/mol. The van der Waals surface area contributed by atoms with Crippen molar-refractivity contribution in [3.63, 3.8) is 0 Å². The van der Waals surface area contributed by atoms with Gasteiger partial charge in [0, 0.05) is 43.5 Å². The van der Waals surface area contributed by atoms with E-state index in [9.17, 15) is 4.79 Å². The first kappa shape index (κ1) is 17.6. The molecular formula is C19H28N4O2. The number of hydrogen-bond acceptors (Lipinski definition) is 3. The largest absolute Gasteiger partial charge is 0.361 e. The molecule has 1 saturated heterocycles. The van der Waals surface area contributed by atoms with Gasteiger partial charge in [-0.3, -0.25) is 0 Å². The van der Waals surface area contributed by atoms with Gasteiger partial charge in [-0.15, -0.1) is 0 Å². The quantitative estimate of drug-likeness (QED) is 0.920. The molecular weight excluding hydrogens is 316 g/mol. The second-order valence-electron chi connectivity index (χ2n) is 7.07. The van der Waals surface area contributed by atoms with E-state index in [4.69, 9.17) is 4.52 Å². The first-order valence-corrected chi connectivity index (χ1v) is 9.07. The summed E-state index contributed by atoms with van der Waals surface area (Å²) in [4.78, 5) is 14.8. The van der Waals surface area contributed by atoms with E-state index in [1.165, 1.54) is 5.69 Å². The molecule has 25 heavy (non-hydrogen) atoms. The van der Waals surface area contributed by atoms with Crippen molar-refractivity contribution in [1.82, 2.24) is 19.9 Å². The molecule has 0 radical (unpaired) electrons. The summed E-state index contributed by atoms with van der Waals surface area (Å²) in [5.41, 5.74) is 3.20. The maximum absolute atomic E-state index is 12.8. The Labute approximate surface area is 149 Å². The number of aromatic nitrogens is 2. The number of urea groups is 1. The summed E-state index contributed by atoms with van der Waals surface area (Å²) in [5, 5.41) is 7.12. The van der Waals surface area contributed by atoms with Gasteiger partial charge in [0.05, 0.1) is 11.7 Å². The van der Waals surface area contributed by atoms with Crippen molar-refractivity contribution in [2.45, 2.75) is 52.0 Å². The molecule has 0 unspecified atom stereocenters. The van der Waals surface area contributed by atoms with E-state index in [-0.39, 0.29) is 18.0 Å². The van der Waals surface area contributed by atoms with Crippen molar-refractivity contribution in [2.75, 3.05) is 13.1 Å². The molecule has 6 heteroatoms. The van der Waals surface area contributed by atoms with Gasteiger partial charge in [-0.05, 0) is 45.2 Å². The van der Waals surface area contributed by atoms with Crippen LogP contribution < -0.4 is 5.32 Å². The summed E-state index contributed by atoms with van der Waals surface area (Å²) in [6.07, 6.45) is 5.28. The first-order valence-electron chi connectivity index (χ1n) is 9.07. The molecule has 1 aliphatic rings. The van der Waals surface area contributed by atoms with Crippen molar-refractivity contribution in [1.29, 1.82) is 0 Å². The minimum absolute atomic E-state index is 0.0181. The van der Waals surface area contributed by atoms with Crippen molar-refractivity contribution in [3.8, 4) is 0 Å². The van der Waals surface area contributed by atoms with E-state index in [1.807, 2.05) is 38.1 Å².